The van der Waals surface area contributed by atoms with Gasteiger partial charge in [-0.2, -0.15) is 0 Å². The van der Waals surface area contributed by atoms with Crippen LogP contribution in [0.1, 0.15) is 11.1 Å². The van der Waals surface area contributed by atoms with E-state index in [1.54, 1.807) is 13.0 Å². The van der Waals surface area contributed by atoms with E-state index >= 15 is 0 Å². The van der Waals surface area contributed by atoms with Crippen molar-refractivity contribution in [3.8, 4) is 0 Å². The molecule has 0 radical (unpaired) electrons. The first-order chi connectivity index (χ1) is 6.66. The fourth-order valence-corrected chi connectivity index (χ4v) is 1.33. The van der Waals surface area contributed by atoms with Gasteiger partial charge < -0.3 is 5.32 Å². The first kappa shape index (κ1) is 11.2. The zero-order chi connectivity index (χ0) is 10.6. The van der Waals surface area contributed by atoms with Crippen molar-refractivity contribution in [2.75, 3.05) is 13.6 Å². The fourth-order valence-electron chi connectivity index (χ4n) is 1.11. The summed E-state index contributed by atoms with van der Waals surface area (Å²) in [5, 5.41) is 3.46. The molecule has 0 aliphatic carbocycles. The van der Waals surface area contributed by atoms with Crippen molar-refractivity contribution in [1.29, 1.82) is 0 Å². The maximum absolute atomic E-state index is 13.0. The highest BCUT2D eigenvalue weighted by Gasteiger charge is 2.04. The lowest BCUT2D eigenvalue weighted by molar-refractivity contribution is 0.618. The molecule has 0 aliphatic heterocycles. The Morgan fingerprint density at radius 3 is 2.86 bits per heavy atom. The van der Waals surface area contributed by atoms with Crippen LogP contribution in [0.3, 0.4) is 0 Å². The van der Waals surface area contributed by atoms with Gasteiger partial charge in [-0.15, -0.1) is 0 Å². The lowest BCUT2D eigenvalue weighted by Gasteiger charge is -2.03. The maximum atomic E-state index is 13.0. The molecule has 0 saturated heterocycles. The summed E-state index contributed by atoms with van der Waals surface area (Å²) in [4.78, 5) is 0. The van der Waals surface area contributed by atoms with Gasteiger partial charge >= 0.3 is 0 Å². The van der Waals surface area contributed by atoms with E-state index in [9.17, 15) is 4.39 Å². The molecular formula is C11H13ClFN. The molecule has 0 aliphatic rings. The third kappa shape index (κ3) is 2.56. The van der Waals surface area contributed by atoms with Crippen molar-refractivity contribution in [3.63, 3.8) is 0 Å². The molecule has 1 N–H and O–H groups in total. The lowest BCUT2D eigenvalue weighted by atomic mass is 10.1. The van der Waals surface area contributed by atoms with Crippen LogP contribution in [0.15, 0.2) is 18.2 Å². The van der Waals surface area contributed by atoms with Gasteiger partial charge in [-0.3, -0.25) is 0 Å². The van der Waals surface area contributed by atoms with E-state index in [1.165, 1.54) is 6.07 Å². The highest BCUT2D eigenvalue weighted by molar-refractivity contribution is 6.32. The van der Waals surface area contributed by atoms with Crippen molar-refractivity contribution >= 4 is 17.7 Å². The molecule has 0 spiro atoms. The summed E-state index contributed by atoms with van der Waals surface area (Å²) in [6, 6.07) is 3.11. The van der Waals surface area contributed by atoms with Crippen LogP contribution < -0.4 is 5.32 Å². The topological polar surface area (TPSA) is 12.0 Å². The molecule has 3 heteroatoms. The standard InChI is InChI=1S/C11H13ClFN/c1-8-10(13)6-5-9(11(8)12)4-3-7-14-2/h3-6,14H,7H2,1-2H3. The average molecular weight is 214 g/mol. The second kappa shape index (κ2) is 5.13. The van der Waals surface area contributed by atoms with Gasteiger partial charge in [0.05, 0.1) is 5.02 Å². The minimum absolute atomic E-state index is 0.263. The van der Waals surface area contributed by atoms with E-state index < -0.39 is 0 Å². The molecule has 0 unspecified atom stereocenters. The van der Waals surface area contributed by atoms with Crippen LogP contribution in [0.4, 0.5) is 4.39 Å². The molecule has 1 aromatic carbocycles. The Morgan fingerprint density at radius 2 is 2.21 bits per heavy atom. The van der Waals surface area contributed by atoms with Crippen molar-refractivity contribution in [3.05, 3.63) is 40.2 Å². The molecule has 0 amide bonds. The summed E-state index contributed by atoms with van der Waals surface area (Å²) < 4.78 is 13.0. The Morgan fingerprint density at radius 1 is 1.50 bits per heavy atom. The summed E-state index contributed by atoms with van der Waals surface area (Å²) >= 11 is 5.97. The Bertz CT molecular complexity index is 347. The molecule has 0 atom stereocenters. The van der Waals surface area contributed by atoms with Gasteiger partial charge in [-0.25, -0.2) is 4.39 Å². The van der Waals surface area contributed by atoms with Crippen molar-refractivity contribution in [2.24, 2.45) is 0 Å². The second-order valence-corrected chi connectivity index (χ2v) is 3.41. The molecule has 1 aromatic rings. The third-order valence-electron chi connectivity index (χ3n) is 1.97. The zero-order valence-electron chi connectivity index (χ0n) is 8.27. The summed E-state index contributed by atoms with van der Waals surface area (Å²) in [6.45, 7) is 2.44. The second-order valence-electron chi connectivity index (χ2n) is 3.04. The molecule has 76 valence electrons. The van der Waals surface area contributed by atoms with Gasteiger partial charge in [0.15, 0.2) is 0 Å². The molecule has 0 bridgehead atoms. The third-order valence-corrected chi connectivity index (χ3v) is 2.47. The van der Waals surface area contributed by atoms with Gasteiger partial charge in [0.1, 0.15) is 5.82 Å². The van der Waals surface area contributed by atoms with Gasteiger partial charge in [0.2, 0.25) is 0 Å². The molecule has 0 fully saturated rings. The van der Waals surface area contributed by atoms with Crippen LogP contribution >= 0.6 is 11.6 Å². The number of nitrogens with one attached hydrogen (secondary N) is 1. The number of likely N-dealkylation sites (N-methyl/N-ethyl adjacent to an activating group) is 1. The predicted molar refractivity (Wildman–Crippen MR) is 59.1 cm³/mol. The summed E-state index contributed by atoms with van der Waals surface area (Å²) in [7, 11) is 1.86. The highest BCUT2D eigenvalue weighted by Crippen LogP contribution is 2.23. The Balaban J connectivity index is 2.94. The van der Waals surface area contributed by atoms with Crippen LogP contribution in [-0.4, -0.2) is 13.6 Å². The van der Waals surface area contributed by atoms with Crippen molar-refractivity contribution in [2.45, 2.75) is 6.92 Å². The van der Waals surface area contributed by atoms with Crippen LogP contribution in [0.2, 0.25) is 5.02 Å². The molecule has 1 rings (SSSR count). The van der Waals surface area contributed by atoms with Gasteiger partial charge in [0.25, 0.3) is 0 Å². The minimum atomic E-state index is -0.263. The molecular weight excluding hydrogens is 201 g/mol. The van der Waals surface area contributed by atoms with Gasteiger partial charge in [0, 0.05) is 12.1 Å². The van der Waals surface area contributed by atoms with Crippen LogP contribution in [0.5, 0.6) is 0 Å². The van der Waals surface area contributed by atoms with E-state index in [0.717, 1.165) is 12.1 Å². The molecule has 0 saturated carbocycles. The number of hydrogen-bond acceptors (Lipinski definition) is 1. The van der Waals surface area contributed by atoms with Crippen molar-refractivity contribution < 1.29 is 4.39 Å². The quantitative estimate of drug-likeness (QED) is 0.814. The summed E-state index contributed by atoms with van der Waals surface area (Å²) in [5.41, 5.74) is 1.35. The normalized spacial score (nSPS) is 11.1. The zero-order valence-corrected chi connectivity index (χ0v) is 9.03. The Labute approximate surface area is 88.6 Å². The van der Waals surface area contributed by atoms with E-state index in [4.69, 9.17) is 11.6 Å². The highest BCUT2D eigenvalue weighted by atomic mass is 35.5. The largest absolute Gasteiger partial charge is 0.316 e. The maximum Gasteiger partial charge on any atom is 0.127 e. The monoisotopic (exact) mass is 213 g/mol. The minimum Gasteiger partial charge on any atom is -0.316 e. The number of benzene rings is 1. The summed E-state index contributed by atoms with van der Waals surface area (Å²) in [5.74, 6) is -0.263. The SMILES string of the molecule is CNCC=Cc1ccc(F)c(C)c1Cl. The molecule has 14 heavy (non-hydrogen) atoms. The van der Waals surface area contributed by atoms with Gasteiger partial charge in [-0.05, 0) is 25.6 Å². The van der Waals surface area contributed by atoms with Crippen LogP contribution in [-0.2, 0) is 0 Å². The van der Waals surface area contributed by atoms with E-state index in [-0.39, 0.29) is 5.82 Å². The fraction of sp³-hybridized carbons (Fsp3) is 0.273. The smallest absolute Gasteiger partial charge is 0.127 e. The van der Waals surface area contributed by atoms with E-state index in [2.05, 4.69) is 5.32 Å². The lowest BCUT2D eigenvalue weighted by Crippen LogP contribution is -2.03. The van der Waals surface area contributed by atoms with E-state index in [1.807, 2.05) is 19.2 Å². The molecule has 1 nitrogen and oxygen atoms in total. The molecule has 0 aromatic heterocycles. The van der Waals surface area contributed by atoms with E-state index in [0.29, 0.717) is 10.6 Å². The number of rotatable bonds is 3. The average Bonchev–Trinajstić information content (AvgIpc) is 2.18. The first-order valence-electron chi connectivity index (χ1n) is 4.42. The van der Waals surface area contributed by atoms with Crippen molar-refractivity contribution in [1.82, 2.24) is 5.32 Å². The molecule has 0 heterocycles. The number of halogens is 2. The Hall–Kier alpha value is -0.860. The predicted octanol–water partition coefficient (Wildman–Crippen LogP) is 3.02. The van der Waals surface area contributed by atoms with Crippen LogP contribution in [0, 0.1) is 12.7 Å². The Kier molecular flexibility index (Phi) is 4.11. The number of hydrogen-bond donors (Lipinski definition) is 1. The van der Waals surface area contributed by atoms with Gasteiger partial charge in [-0.1, -0.05) is 29.8 Å². The van der Waals surface area contributed by atoms with Crippen LogP contribution in [0.25, 0.3) is 6.08 Å². The summed E-state index contributed by atoms with van der Waals surface area (Å²) in [6.07, 6.45) is 3.82. The first-order valence-corrected chi connectivity index (χ1v) is 4.80.